The van der Waals surface area contributed by atoms with Crippen molar-refractivity contribution in [3.8, 4) is 11.5 Å². The summed E-state index contributed by atoms with van der Waals surface area (Å²) >= 11 is 6.00. The summed E-state index contributed by atoms with van der Waals surface area (Å²) in [5, 5.41) is 0.689. The Morgan fingerprint density at radius 1 is 1.15 bits per heavy atom. The highest BCUT2D eigenvalue weighted by molar-refractivity contribution is 6.30. The maximum atomic E-state index is 13.7. The summed E-state index contributed by atoms with van der Waals surface area (Å²) in [5.41, 5.74) is 2.78. The first kappa shape index (κ1) is 12.0. The zero-order chi connectivity index (χ0) is 13.7. The van der Waals surface area contributed by atoms with Crippen LogP contribution in [0.5, 0.6) is 11.5 Å². The lowest BCUT2D eigenvalue weighted by atomic mass is 10.00. The van der Waals surface area contributed by atoms with Gasteiger partial charge in [-0.1, -0.05) is 11.6 Å². The van der Waals surface area contributed by atoms with E-state index in [9.17, 15) is 4.39 Å². The molecule has 1 unspecified atom stereocenters. The fourth-order valence-electron chi connectivity index (χ4n) is 2.93. The smallest absolute Gasteiger partial charge is 0.132 e. The first-order valence-corrected chi connectivity index (χ1v) is 6.99. The molecule has 2 aromatic carbocycles. The van der Waals surface area contributed by atoms with Crippen molar-refractivity contribution in [3.05, 3.63) is 57.9 Å². The molecule has 2 aliphatic heterocycles. The number of halogens is 2. The molecule has 2 aromatic rings. The molecule has 102 valence electrons. The van der Waals surface area contributed by atoms with Gasteiger partial charge in [0.2, 0.25) is 0 Å². The van der Waals surface area contributed by atoms with E-state index in [1.165, 1.54) is 6.07 Å². The van der Waals surface area contributed by atoms with Crippen molar-refractivity contribution < 1.29 is 13.9 Å². The third-order valence-corrected chi connectivity index (χ3v) is 4.06. The van der Waals surface area contributed by atoms with Gasteiger partial charge in [0.1, 0.15) is 23.4 Å². The van der Waals surface area contributed by atoms with Crippen LogP contribution in [-0.2, 0) is 12.8 Å². The highest BCUT2D eigenvalue weighted by atomic mass is 35.5. The fraction of sp³-hybridized carbons (Fsp3) is 0.250. The van der Waals surface area contributed by atoms with Crippen LogP contribution < -0.4 is 9.47 Å². The molecule has 0 saturated carbocycles. The lowest BCUT2D eigenvalue weighted by Gasteiger charge is -2.15. The fourth-order valence-corrected chi connectivity index (χ4v) is 3.12. The molecule has 2 nitrogen and oxygen atoms in total. The molecule has 0 N–H and O–H groups in total. The standard InChI is InChI=1S/C16H12ClFO2/c17-11-1-2-14-10(5-11)7-15(20-14)13-8-12(18)6-9-3-4-19-16(9)13/h1-2,5-6,8,15H,3-4,7H2. The summed E-state index contributed by atoms with van der Waals surface area (Å²) in [6, 6.07) is 8.62. The molecule has 0 saturated heterocycles. The van der Waals surface area contributed by atoms with Crippen LogP contribution in [0.3, 0.4) is 0 Å². The second-order valence-electron chi connectivity index (χ2n) is 5.14. The van der Waals surface area contributed by atoms with Crippen LogP contribution in [0, 0.1) is 5.82 Å². The van der Waals surface area contributed by atoms with Gasteiger partial charge in [-0.3, -0.25) is 0 Å². The van der Waals surface area contributed by atoms with E-state index >= 15 is 0 Å². The minimum atomic E-state index is -0.234. The number of fused-ring (bicyclic) bond motifs is 2. The molecule has 2 heterocycles. The van der Waals surface area contributed by atoms with Crippen molar-refractivity contribution in [3.63, 3.8) is 0 Å². The number of benzene rings is 2. The van der Waals surface area contributed by atoms with Gasteiger partial charge in [-0.05, 0) is 35.9 Å². The molecule has 0 amide bonds. The highest BCUT2D eigenvalue weighted by Crippen LogP contribution is 2.43. The van der Waals surface area contributed by atoms with E-state index in [0.29, 0.717) is 18.1 Å². The van der Waals surface area contributed by atoms with Gasteiger partial charge in [-0.2, -0.15) is 0 Å². The van der Waals surface area contributed by atoms with Gasteiger partial charge in [-0.15, -0.1) is 0 Å². The average molecular weight is 291 g/mol. The Kier molecular flexibility index (Phi) is 2.64. The zero-order valence-corrected chi connectivity index (χ0v) is 11.4. The van der Waals surface area contributed by atoms with E-state index in [1.807, 2.05) is 12.1 Å². The van der Waals surface area contributed by atoms with Gasteiger partial charge >= 0.3 is 0 Å². The zero-order valence-electron chi connectivity index (χ0n) is 10.7. The number of hydrogen-bond acceptors (Lipinski definition) is 2. The number of rotatable bonds is 1. The Hall–Kier alpha value is -1.74. The van der Waals surface area contributed by atoms with Crippen LogP contribution in [0.4, 0.5) is 4.39 Å². The Balaban J connectivity index is 1.74. The molecule has 4 heteroatoms. The van der Waals surface area contributed by atoms with Gasteiger partial charge < -0.3 is 9.47 Å². The Morgan fingerprint density at radius 2 is 2.05 bits per heavy atom. The minimum Gasteiger partial charge on any atom is -0.493 e. The molecule has 0 radical (unpaired) electrons. The molecule has 0 aromatic heterocycles. The van der Waals surface area contributed by atoms with E-state index in [1.54, 1.807) is 12.1 Å². The van der Waals surface area contributed by atoms with E-state index in [4.69, 9.17) is 21.1 Å². The van der Waals surface area contributed by atoms with Crippen LogP contribution in [0.25, 0.3) is 0 Å². The third-order valence-electron chi connectivity index (χ3n) is 3.82. The van der Waals surface area contributed by atoms with Crippen molar-refractivity contribution in [2.75, 3.05) is 6.61 Å². The largest absolute Gasteiger partial charge is 0.493 e. The predicted molar refractivity (Wildman–Crippen MR) is 74.1 cm³/mol. The molecule has 4 rings (SSSR count). The predicted octanol–water partition coefficient (Wildman–Crippen LogP) is 4.09. The molecule has 0 fully saturated rings. The quantitative estimate of drug-likeness (QED) is 0.787. The monoisotopic (exact) mass is 290 g/mol. The SMILES string of the molecule is Fc1cc2c(c(C3Cc4cc(Cl)ccc4O3)c1)OCC2. The summed E-state index contributed by atoms with van der Waals surface area (Å²) < 4.78 is 25.3. The summed E-state index contributed by atoms with van der Waals surface area (Å²) in [6.07, 6.45) is 1.24. The Labute approximate surface area is 121 Å². The molecular weight excluding hydrogens is 279 g/mol. The van der Waals surface area contributed by atoms with Crippen molar-refractivity contribution >= 4 is 11.6 Å². The molecule has 20 heavy (non-hydrogen) atoms. The second-order valence-corrected chi connectivity index (χ2v) is 5.58. The molecule has 0 bridgehead atoms. The van der Waals surface area contributed by atoms with E-state index in [-0.39, 0.29) is 11.9 Å². The number of ether oxygens (including phenoxy) is 2. The Bertz CT molecular complexity index is 699. The highest BCUT2D eigenvalue weighted by Gasteiger charge is 2.30. The van der Waals surface area contributed by atoms with Crippen molar-refractivity contribution in [2.24, 2.45) is 0 Å². The first-order valence-electron chi connectivity index (χ1n) is 6.61. The lowest BCUT2D eigenvalue weighted by Crippen LogP contribution is -2.06. The topological polar surface area (TPSA) is 18.5 Å². The van der Waals surface area contributed by atoms with E-state index in [2.05, 4.69) is 0 Å². The third kappa shape index (κ3) is 1.85. The summed E-state index contributed by atoms with van der Waals surface area (Å²) in [4.78, 5) is 0. The minimum absolute atomic E-state index is 0.203. The van der Waals surface area contributed by atoms with Crippen LogP contribution >= 0.6 is 11.6 Å². The van der Waals surface area contributed by atoms with E-state index < -0.39 is 0 Å². The van der Waals surface area contributed by atoms with Crippen LogP contribution in [-0.4, -0.2) is 6.61 Å². The van der Waals surface area contributed by atoms with Crippen molar-refractivity contribution in [2.45, 2.75) is 18.9 Å². The van der Waals surface area contributed by atoms with E-state index in [0.717, 1.165) is 34.6 Å². The normalized spacial score (nSPS) is 19.2. The van der Waals surface area contributed by atoms with Crippen molar-refractivity contribution in [1.82, 2.24) is 0 Å². The molecule has 1 atom stereocenters. The summed E-state index contributed by atoms with van der Waals surface area (Å²) in [6.45, 7) is 0.608. The van der Waals surface area contributed by atoms with Crippen LogP contribution in [0.1, 0.15) is 22.8 Å². The molecular formula is C16H12ClFO2. The lowest BCUT2D eigenvalue weighted by molar-refractivity contribution is 0.230. The van der Waals surface area contributed by atoms with Crippen LogP contribution in [0.2, 0.25) is 5.02 Å². The molecule has 0 aliphatic carbocycles. The Morgan fingerprint density at radius 3 is 2.95 bits per heavy atom. The second kappa shape index (κ2) is 4.38. The summed E-state index contributed by atoms with van der Waals surface area (Å²) in [5.74, 6) is 1.37. The van der Waals surface area contributed by atoms with Gasteiger partial charge in [0.15, 0.2) is 0 Å². The first-order chi connectivity index (χ1) is 9.70. The molecule has 2 aliphatic rings. The van der Waals surface area contributed by atoms with Crippen LogP contribution in [0.15, 0.2) is 30.3 Å². The van der Waals surface area contributed by atoms with Crippen molar-refractivity contribution in [1.29, 1.82) is 0 Å². The van der Waals surface area contributed by atoms with Gasteiger partial charge in [-0.25, -0.2) is 4.39 Å². The van der Waals surface area contributed by atoms with Gasteiger partial charge in [0.05, 0.1) is 6.61 Å². The maximum absolute atomic E-state index is 13.7. The van der Waals surface area contributed by atoms with Gasteiger partial charge in [0.25, 0.3) is 0 Å². The van der Waals surface area contributed by atoms with Gasteiger partial charge in [0, 0.05) is 29.0 Å². The number of hydrogen-bond donors (Lipinski definition) is 0. The average Bonchev–Trinajstić information content (AvgIpc) is 3.02. The summed E-state index contributed by atoms with van der Waals surface area (Å²) in [7, 11) is 0. The maximum Gasteiger partial charge on any atom is 0.132 e. The molecule has 0 spiro atoms.